The van der Waals surface area contributed by atoms with E-state index in [4.69, 9.17) is 5.73 Å². The summed E-state index contributed by atoms with van der Waals surface area (Å²) in [5.41, 5.74) is 9.86. The Bertz CT molecular complexity index is 369. The highest BCUT2D eigenvalue weighted by molar-refractivity contribution is 5.47. The van der Waals surface area contributed by atoms with Gasteiger partial charge >= 0.3 is 0 Å². The minimum atomic E-state index is 0.683. The largest absolute Gasteiger partial charge is 0.399 e. The van der Waals surface area contributed by atoms with E-state index >= 15 is 0 Å². The van der Waals surface area contributed by atoms with Crippen molar-refractivity contribution in [2.45, 2.75) is 39.0 Å². The molecule has 0 aliphatic heterocycles. The van der Waals surface area contributed by atoms with Gasteiger partial charge in [0.1, 0.15) is 0 Å². The quantitative estimate of drug-likeness (QED) is 0.809. The van der Waals surface area contributed by atoms with E-state index in [1.54, 1.807) is 0 Å². The van der Waals surface area contributed by atoms with Crippen LogP contribution in [0, 0.1) is 0 Å². The third-order valence-electron chi connectivity index (χ3n) is 3.98. The van der Waals surface area contributed by atoms with Crippen LogP contribution in [0.5, 0.6) is 0 Å². The molecule has 1 atom stereocenters. The summed E-state index contributed by atoms with van der Waals surface area (Å²) in [6.45, 7) is 7.96. The van der Waals surface area contributed by atoms with E-state index in [0.717, 1.165) is 18.8 Å². The van der Waals surface area contributed by atoms with Gasteiger partial charge in [0, 0.05) is 12.2 Å². The van der Waals surface area contributed by atoms with Gasteiger partial charge in [0.2, 0.25) is 0 Å². The Balaban J connectivity index is 2.18. The fourth-order valence-corrected chi connectivity index (χ4v) is 2.90. The molecule has 2 rings (SSSR count). The summed E-state index contributed by atoms with van der Waals surface area (Å²) >= 11 is 0. The van der Waals surface area contributed by atoms with E-state index in [-0.39, 0.29) is 0 Å². The zero-order valence-corrected chi connectivity index (χ0v) is 11.1. The Kier molecular flexibility index (Phi) is 4.06. The summed E-state index contributed by atoms with van der Waals surface area (Å²) in [5, 5.41) is 0. The molecule has 2 N–H and O–H groups in total. The number of fused-ring (bicyclic) bond motifs is 1. The number of likely N-dealkylation sites (N-methyl/N-ethyl adjacent to an activating group) is 1. The molecule has 94 valence electrons. The molecule has 0 radical (unpaired) electrons. The van der Waals surface area contributed by atoms with Crippen LogP contribution >= 0.6 is 0 Å². The van der Waals surface area contributed by atoms with Gasteiger partial charge in [-0.2, -0.15) is 0 Å². The Morgan fingerprint density at radius 2 is 2.06 bits per heavy atom. The SMILES string of the molecule is CCN(CC)CC1CCCc2ccc(N)cc21. The maximum Gasteiger partial charge on any atom is 0.0317 e. The fourth-order valence-electron chi connectivity index (χ4n) is 2.90. The number of benzene rings is 1. The minimum Gasteiger partial charge on any atom is -0.399 e. The predicted molar refractivity (Wildman–Crippen MR) is 74.3 cm³/mol. The lowest BCUT2D eigenvalue weighted by atomic mass is 9.82. The van der Waals surface area contributed by atoms with Crippen molar-refractivity contribution in [2.75, 3.05) is 25.4 Å². The molecule has 0 amide bonds. The maximum absolute atomic E-state index is 5.93. The van der Waals surface area contributed by atoms with Crippen LogP contribution in [0.4, 0.5) is 5.69 Å². The van der Waals surface area contributed by atoms with Crippen molar-refractivity contribution >= 4 is 5.69 Å². The number of aryl methyl sites for hydroxylation is 1. The topological polar surface area (TPSA) is 29.3 Å². The molecule has 0 saturated carbocycles. The molecule has 1 unspecified atom stereocenters. The Morgan fingerprint density at radius 3 is 2.76 bits per heavy atom. The Labute approximate surface area is 105 Å². The molecular weight excluding hydrogens is 208 g/mol. The van der Waals surface area contributed by atoms with Gasteiger partial charge in [0.05, 0.1) is 0 Å². The lowest BCUT2D eigenvalue weighted by molar-refractivity contribution is 0.272. The van der Waals surface area contributed by atoms with Crippen molar-refractivity contribution < 1.29 is 0 Å². The van der Waals surface area contributed by atoms with Crippen molar-refractivity contribution in [3.8, 4) is 0 Å². The lowest BCUT2D eigenvalue weighted by Gasteiger charge is -2.30. The second kappa shape index (κ2) is 5.54. The number of rotatable bonds is 4. The number of anilines is 1. The van der Waals surface area contributed by atoms with Crippen LogP contribution in [0.15, 0.2) is 18.2 Å². The van der Waals surface area contributed by atoms with Gasteiger partial charge < -0.3 is 10.6 Å². The zero-order chi connectivity index (χ0) is 12.3. The highest BCUT2D eigenvalue weighted by atomic mass is 15.1. The molecule has 0 fully saturated rings. The summed E-state index contributed by atoms with van der Waals surface area (Å²) < 4.78 is 0. The van der Waals surface area contributed by atoms with Crippen molar-refractivity contribution in [3.63, 3.8) is 0 Å². The van der Waals surface area contributed by atoms with Gasteiger partial charge in [-0.3, -0.25) is 0 Å². The van der Waals surface area contributed by atoms with Crippen LogP contribution in [0.25, 0.3) is 0 Å². The summed E-state index contributed by atoms with van der Waals surface area (Å²) in [6, 6.07) is 6.46. The van der Waals surface area contributed by atoms with Gasteiger partial charge in [-0.05, 0) is 61.5 Å². The van der Waals surface area contributed by atoms with E-state index in [1.807, 2.05) is 6.07 Å². The van der Waals surface area contributed by atoms with Crippen molar-refractivity contribution in [2.24, 2.45) is 0 Å². The highest BCUT2D eigenvalue weighted by Gasteiger charge is 2.21. The molecule has 0 heterocycles. The van der Waals surface area contributed by atoms with Gasteiger partial charge in [0.25, 0.3) is 0 Å². The number of nitrogens with two attached hydrogens (primary N) is 1. The first-order valence-electron chi connectivity index (χ1n) is 6.85. The fraction of sp³-hybridized carbons (Fsp3) is 0.600. The highest BCUT2D eigenvalue weighted by Crippen LogP contribution is 2.33. The van der Waals surface area contributed by atoms with Crippen molar-refractivity contribution in [3.05, 3.63) is 29.3 Å². The summed E-state index contributed by atoms with van der Waals surface area (Å²) in [4.78, 5) is 2.52. The average molecular weight is 232 g/mol. The van der Waals surface area contributed by atoms with Gasteiger partial charge in [0.15, 0.2) is 0 Å². The van der Waals surface area contributed by atoms with Crippen LogP contribution in [0.3, 0.4) is 0 Å². The smallest absolute Gasteiger partial charge is 0.0317 e. The molecule has 0 aromatic heterocycles. The van der Waals surface area contributed by atoms with Crippen LogP contribution < -0.4 is 5.73 Å². The summed E-state index contributed by atoms with van der Waals surface area (Å²) in [6.07, 6.45) is 3.86. The molecule has 0 spiro atoms. The van der Waals surface area contributed by atoms with E-state index in [0.29, 0.717) is 5.92 Å². The average Bonchev–Trinajstić information content (AvgIpc) is 2.36. The van der Waals surface area contributed by atoms with Gasteiger partial charge in [-0.25, -0.2) is 0 Å². The number of hydrogen-bond acceptors (Lipinski definition) is 2. The second-order valence-corrected chi connectivity index (χ2v) is 5.03. The summed E-state index contributed by atoms with van der Waals surface area (Å²) in [5.74, 6) is 0.683. The van der Waals surface area contributed by atoms with E-state index < -0.39 is 0 Å². The second-order valence-electron chi connectivity index (χ2n) is 5.03. The van der Waals surface area contributed by atoms with Gasteiger partial charge in [-0.1, -0.05) is 19.9 Å². The Morgan fingerprint density at radius 1 is 1.29 bits per heavy atom. The van der Waals surface area contributed by atoms with Crippen LogP contribution in [0.2, 0.25) is 0 Å². The molecule has 1 aromatic carbocycles. The molecule has 0 saturated heterocycles. The molecule has 17 heavy (non-hydrogen) atoms. The third kappa shape index (κ3) is 2.81. The maximum atomic E-state index is 5.93. The van der Waals surface area contributed by atoms with E-state index in [1.165, 1.54) is 36.9 Å². The molecule has 0 bridgehead atoms. The molecule has 2 nitrogen and oxygen atoms in total. The zero-order valence-electron chi connectivity index (χ0n) is 11.1. The molecule has 1 aliphatic carbocycles. The van der Waals surface area contributed by atoms with Crippen molar-refractivity contribution in [1.29, 1.82) is 0 Å². The third-order valence-corrected chi connectivity index (χ3v) is 3.98. The van der Waals surface area contributed by atoms with E-state index in [9.17, 15) is 0 Å². The first-order chi connectivity index (χ1) is 8.24. The summed E-state index contributed by atoms with van der Waals surface area (Å²) in [7, 11) is 0. The molecule has 1 aromatic rings. The number of nitrogen functional groups attached to an aromatic ring is 1. The number of hydrogen-bond donors (Lipinski definition) is 1. The minimum absolute atomic E-state index is 0.683. The first kappa shape index (κ1) is 12.4. The molecule has 1 aliphatic rings. The Hall–Kier alpha value is -1.02. The molecule has 2 heteroatoms. The standard InChI is InChI=1S/C15H24N2/c1-3-17(4-2)11-13-7-5-6-12-8-9-14(16)10-15(12)13/h8-10,13H,3-7,11,16H2,1-2H3. The van der Waals surface area contributed by atoms with Crippen LogP contribution in [-0.4, -0.2) is 24.5 Å². The van der Waals surface area contributed by atoms with E-state index in [2.05, 4.69) is 30.9 Å². The lowest BCUT2D eigenvalue weighted by Crippen LogP contribution is -2.30. The normalized spacial score (nSPS) is 19.4. The van der Waals surface area contributed by atoms with Crippen molar-refractivity contribution in [1.82, 2.24) is 4.90 Å². The van der Waals surface area contributed by atoms with Gasteiger partial charge in [-0.15, -0.1) is 0 Å². The van der Waals surface area contributed by atoms with Crippen LogP contribution in [0.1, 0.15) is 43.7 Å². The van der Waals surface area contributed by atoms with Crippen LogP contribution in [-0.2, 0) is 6.42 Å². The molecular formula is C15H24N2. The monoisotopic (exact) mass is 232 g/mol. The predicted octanol–water partition coefficient (Wildman–Crippen LogP) is 3.03. The first-order valence-corrected chi connectivity index (χ1v) is 6.85. The number of nitrogens with zero attached hydrogens (tertiary/aromatic N) is 1.